The first-order valence-corrected chi connectivity index (χ1v) is 10.1. The Hall–Kier alpha value is -3.15. The van der Waals surface area contributed by atoms with Crippen molar-refractivity contribution in [3.63, 3.8) is 0 Å². The quantitative estimate of drug-likeness (QED) is 0.161. The Kier molecular flexibility index (Phi) is 9.58. The number of nitrogens with zero attached hydrogens (tertiary/aromatic N) is 1. The number of aliphatic imine (C=N–C) groups is 1. The summed E-state index contributed by atoms with van der Waals surface area (Å²) < 4.78 is 10.4. The van der Waals surface area contributed by atoms with E-state index >= 15 is 0 Å². The van der Waals surface area contributed by atoms with Gasteiger partial charge in [0.15, 0.2) is 5.78 Å². The van der Waals surface area contributed by atoms with E-state index in [1.54, 1.807) is 55.5 Å². The fourth-order valence-electron chi connectivity index (χ4n) is 2.67. The van der Waals surface area contributed by atoms with E-state index in [1.807, 2.05) is 0 Å². The van der Waals surface area contributed by atoms with Crippen LogP contribution in [0.5, 0.6) is 5.75 Å². The van der Waals surface area contributed by atoms with E-state index in [4.69, 9.17) is 9.47 Å². The number of rotatable bonds is 12. The van der Waals surface area contributed by atoms with E-state index in [-0.39, 0.29) is 30.4 Å². The van der Waals surface area contributed by atoms with Gasteiger partial charge in [-0.2, -0.15) is 4.99 Å². The second-order valence-corrected chi connectivity index (χ2v) is 6.58. The highest BCUT2D eigenvalue weighted by molar-refractivity contribution is 7.78. The SMILES string of the molecule is CCOC(=O)CCC(=O)CCCOc1ccc(C(=O)c2ccc(N=C=S)cc2)cc1. The molecule has 0 aromatic heterocycles. The summed E-state index contributed by atoms with van der Waals surface area (Å²) >= 11 is 4.56. The van der Waals surface area contributed by atoms with Gasteiger partial charge in [-0.1, -0.05) is 0 Å². The summed E-state index contributed by atoms with van der Waals surface area (Å²) in [5.74, 6) is 0.175. The molecule has 0 heterocycles. The van der Waals surface area contributed by atoms with Gasteiger partial charge in [-0.25, -0.2) is 0 Å². The summed E-state index contributed by atoms with van der Waals surface area (Å²) in [7, 11) is 0. The smallest absolute Gasteiger partial charge is 0.306 e. The zero-order chi connectivity index (χ0) is 21.8. The number of ether oxygens (including phenoxy) is 2. The standard InChI is InChI=1S/C23H23NO5S/c1-2-28-22(26)14-11-20(25)4-3-15-29-21-12-7-18(8-13-21)23(27)17-5-9-19(10-6-17)24-16-30/h5-10,12-13H,2-4,11,14-15H2,1H3. The number of carbonyl (C=O) groups is 3. The largest absolute Gasteiger partial charge is 0.494 e. The molecule has 0 bridgehead atoms. The van der Waals surface area contributed by atoms with Gasteiger partial charge in [0, 0.05) is 24.0 Å². The predicted octanol–water partition coefficient (Wildman–Crippen LogP) is 4.72. The van der Waals surface area contributed by atoms with Gasteiger partial charge in [0.2, 0.25) is 0 Å². The van der Waals surface area contributed by atoms with Crippen LogP contribution in [-0.2, 0) is 14.3 Å². The highest BCUT2D eigenvalue weighted by atomic mass is 32.1. The molecule has 2 aromatic carbocycles. The van der Waals surface area contributed by atoms with Crippen LogP contribution < -0.4 is 4.74 Å². The molecule has 6 nitrogen and oxygen atoms in total. The fourth-order valence-corrected chi connectivity index (χ4v) is 2.77. The Morgan fingerprint density at radius 2 is 1.57 bits per heavy atom. The number of esters is 1. The number of carbonyl (C=O) groups excluding carboxylic acids is 3. The van der Waals surface area contributed by atoms with Crippen molar-refractivity contribution >= 4 is 40.6 Å². The van der Waals surface area contributed by atoms with Crippen molar-refractivity contribution in [1.82, 2.24) is 0 Å². The third-order valence-corrected chi connectivity index (χ3v) is 4.29. The van der Waals surface area contributed by atoms with Gasteiger partial charge < -0.3 is 9.47 Å². The van der Waals surface area contributed by atoms with Gasteiger partial charge in [0.05, 0.1) is 30.5 Å². The maximum Gasteiger partial charge on any atom is 0.306 e. The molecule has 0 aliphatic rings. The van der Waals surface area contributed by atoms with E-state index < -0.39 is 0 Å². The van der Waals surface area contributed by atoms with Crippen LogP contribution in [0.3, 0.4) is 0 Å². The normalized spacial score (nSPS) is 10.0. The van der Waals surface area contributed by atoms with Crippen molar-refractivity contribution in [2.45, 2.75) is 32.6 Å². The van der Waals surface area contributed by atoms with E-state index in [9.17, 15) is 14.4 Å². The lowest BCUT2D eigenvalue weighted by Gasteiger charge is -2.07. The molecule has 2 rings (SSSR count). The topological polar surface area (TPSA) is 82.0 Å². The van der Waals surface area contributed by atoms with Gasteiger partial charge in [-0.3, -0.25) is 14.4 Å². The van der Waals surface area contributed by atoms with Gasteiger partial charge >= 0.3 is 5.97 Å². The highest BCUT2D eigenvalue weighted by Crippen LogP contribution is 2.18. The molecule has 156 valence electrons. The molecule has 0 fully saturated rings. The third-order valence-electron chi connectivity index (χ3n) is 4.20. The van der Waals surface area contributed by atoms with E-state index in [0.29, 0.717) is 48.6 Å². The molecule has 0 aliphatic carbocycles. The maximum absolute atomic E-state index is 12.5. The first-order chi connectivity index (χ1) is 14.5. The number of thiocarbonyl (C=S) groups is 1. The summed E-state index contributed by atoms with van der Waals surface area (Å²) in [6.07, 6.45) is 1.21. The molecule has 0 unspecified atom stereocenters. The number of hydrogen-bond donors (Lipinski definition) is 0. The average Bonchev–Trinajstić information content (AvgIpc) is 2.76. The van der Waals surface area contributed by atoms with E-state index in [0.717, 1.165) is 0 Å². The van der Waals surface area contributed by atoms with Gasteiger partial charge in [-0.05, 0) is 74.1 Å². The molecule has 7 heteroatoms. The van der Waals surface area contributed by atoms with E-state index in [1.165, 1.54) is 0 Å². The third kappa shape index (κ3) is 7.70. The van der Waals surface area contributed by atoms with Crippen molar-refractivity contribution in [2.24, 2.45) is 4.99 Å². The zero-order valence-corrected chi connectivity index (χ0v) is 17.6. The second kappa shape index (κ2) is 12.4. The Bertz CT molecular complexity index is 916. The van der Waals surface area contributed by atoms with Crippen molar-refractivity contribution in [2.75, 3.05) is 13.2 Å². The number of benzene rings is 2. The molecule has 0 saturated carbocycles. The minimum absolute atomic E-state index is 0.00917. The van der Waals surface area contributed by atoms with E-state index in [2.05, 4.69) is 22.4 Å². The maximum atomic E-state index is 12.5. The molecule has 2 aromatic rings. The Morgan fingerprint density at radius 3 is 2.17 bits per heavy atom. The summed E-state index contributed by atoms with van der Waals surface area (Å²) in [4.78, 5) is 39.4. The summed E-state index contributed by atoms with van der Waals surface area (Å²) in [6.45, 7) is 2.43. The predicted molar refractivity (Wildman–Crippen MR) is 117 cm³/mol. The van der Waals surface area contributed by atoms with Crippen LogP contribution in [0.1, 0.15) is 48.5 Å². The molecule has 0 N–H and O–H groups in total. The van der Waals surface area contributed by atoms with Gasteiger partial charge in [-0.15, -0.1) is 0 Å². The Labute approximate surface area is 180 Å². The Morgan fingerprint density at radius 1 is 0.933 bits per heavy atom. The zero-order valence-electron chi connectivity index (χ0n) is 16.8. The number of isothiocyanates is 1. The molecule has 30 heavy (non-hydrogen) atoms. The lowest BCUT2D eigenvalue weighted by Crippen LogP contribution is -2.08. The lowest BCUT2D eigenvalue weighted by atomic mass is 10.0. The minimum atomic E-state index is -0.351. The van der Waals surface area contributed by atoms with Crippen LogP contribution in [0.15, 0.2) is 53.5 Å². The van der Waals surface area contributed by atoms with Crippen LogP contribution >= 0.6 is 12.2 Å². The summed E-state index contributed by atoms with van der Waals surface area (Å²) in [5, 5.41) is 2.29. The van der Waals surface area contributed by atoms with Crippen molar-refractivity contribution in [3.8, 4) is 5.75 Å². The first-order valence-electron chi connectivity index (χ1n) is 9.66. The molecule has 0 amide bonds. The van der Waals surface area contributed by atoms with Gasteiger partial charge in [0.25, 0.3) is 0 Å². The first kappa shape index (κ1) is 23.1. The van der Waals surface area contributed by atoms with Crippen molar-refractivity contribution < 1.29 is 23.9 Å². The molecular formula is C23H23NO5S. The van der Waals surface area contributed by atoms with Crippen LogP contribution in [0.2, 0.25) is 0 Å². The molecule has 0 spiro atoms. The second-order valence-electron chi connectivity index (χ2n) is 6.40. The van der Waals surface area contributed by atoms with Gasteiger partial charge in [0.1, 0.15) is 11.5 Å². The number of hydrogen-bond acceptors (Lipinski definition) is 7. The molecule has 0 aliphatic heterocycles. The monoisotopic (exact) mass is 425 g/mol. The highest BCUT2D eigenvalue weighted by Gasteiger charge is 2.10. The van der Waals surface area contributed by atoms with Crippen LogP contribution in [-0.4, -0.2) is 35.9 Å². The fraction of sp³-hybridized carbons (Fsp3) is 0.304. The van der Waals surface area contributed by atoms with Crippen LogP contribution in [0.4, 0.5) is 5.69 Å². The van der Waals surface area contributed by atoms with Crippen LogP contribution in [0.25, 0.3) is 0 Å². The Balaban J connectivity index is 1.76. The molecule has 0 radical (unpaired) electrons. The summed E-state index contributed by atoms with van der Waals surface area (Å²) in [5.41, 5.74) is 1.74. The number of Topliss-reactive ketones (excluding diaryl/α,β-unsaturated/α-hetero) is 1. The number of ketones is 2. The molecular weight excluding hydrogens is 402 g/mol. The lowest BCUT2D eigenvalue weighted by molar-refractivity contribution is -0.144. The van der Waals surface area contributed by atoms with Crippen molar-refractivity contribution in [1.29, 1.82) is 0 Å². The van der Waals surface area contributed by atoms with Crippen molar-refractivity contribution in [3.05, 3.63) is 59.7 Å². The minimum Gasteiger partial charge on any atom is -0.494 e. The summed E-state index contributed by atoms with van der Waals surface area (Å²) in [6, 6.07) is 13.6. The average molecular weight is 426 g/mol. The van der Waals surface area contributed by atoms with Crippen LogP contribution in [0, 0.1) is 0 Å². The molecule has 0 saturated heterocycles. The molecule has 0 atom stereocenters.